The monoisotopic (exact) mass is 231 g/mol. The van der Waals surface area contributed by atoms with Gasteiger partial charge in [0.25, 0.3) is 0 Å². The average molecular weight is 232 g/mol. The standard InChI is InChI=1S/C11H15Cl2N/c1-3-9(8(2)12)6-10-4-5-14-7-11(10)13/h4-5,7-9H,3,6H2,1-2H3. The normalized spacial score (nSPS) is 15.1. The summed E-state index contributed by atoms with van der Waals surface area (Å²) in [6.07, 6.45) is 5.46. The number of hydrogen-bond donors (Lipinski definition) is 0. The van der Waals surface area contributed by atoms with Gasteiger partial charge in [0, 0.05) is 17.8 Å². The summed E-state index contributed by atoms with van der Waals surface area (Å²) in [6.45, 7) is 4.18. The molecule has 1 aromatic rings. The summed E-state index contributed by atoms with van der Waals surface area (Å²) in [4.78, 5) is 3.96. The second-order valence-electron chi connectivity index (χ2n) is 3.52. The van der Waals surface area contributed by atoms with E-state index in [4.69, 9.17) is 23.2 Å². The lowest BCUT2D eigenvalue weighted by Gasteiger charge is -2.17. The highest BCUT2D eigenvalue weighted by Crippen LogP contribution is 2.23. The van der Waals surface area contributed by atoms with Crippen molar-refractivity contribution in [2.75, 3.05) is 0 Å². The van der Waals surface area contributed by atoms with Crippen LogP contribution in [0.2, 0.25) is 5.02 Å². The zero-order valence-corrected chi connectivity index (χ0v) is 10.0. The van der Waals surface area contributed by atoms with Crippen molar-refractivity contribution in [3.05, 3.63) is 29.0 Å². The van der Waals surface area contributed by atoms with Gasteiger partial charge in [-0.2, -0.15) is 0 Å². The Hall–Kier alpha value is -0.270. The smallest absolute Gasteiger partial charge is 0.0621 e. The highest BCUT2D eigenvalue weighted by Gasteiger charge is 2.14. The molecule has 0 aliphatic rings. The molecule has 0 saturated heterocycles. The molecule has 0 aliphatic heterocycles. The van der Waals surface area contributed by atoms with Gasteiger partial charge in [0.2, 0.25) is 0 Å². The molecular formula is C11H15Cl2N. The summed E-state index contributed by atoms with van der Waals surface area (Å²) in [7, 11) is 0. The van der Waals surface area contributed by atoms with E-state index in [1.165, 1.54) is 0 Å². The second kappa shape index (κ2) is 5.57. The number of pyridine rings is 1. The lowest BCUT2D eigenvalue weighted by molar-refractivity contribution is 0.497. The molecule has 3 heteroatoms. The Labute approximate surface area is 95.4 Å². The highest BCUT2D eigenvalue weighted by molar-refractivity contribution is 6.31. The Kier molecular flexibility index (Phi) is 4.70. The van der Waals surface area contributed by atoms with Crippen LogP contribution in [0, 0.1) is 5.92 Å². The number of halogens is 2. The van der Waals surface area contributed by atoms with Gasteiger partial charge in [-0.25, -0.2) is 0 Å². The summed E-state index contributed by atoms with van der Waals surface area (Å²) in [5.74, 6) is 0.483. The first-order valence-corrected chi connectivity index (χ1v) is 5.69. The number of alkyl halides is 1. The van der Waals surface area contributed by atoms with Crippen LogP contribution in [0.15, 0.2) is 18.5 Å². The van der Waals surface area contributed by atoms with Gasteiger partial charge in [0.15, 0.2) is 0 Å². The maximum atomic E-state index is 6.09. The van der Waals surface area contributed by atoms with Crippen molar-refractivity contribution in [2.45, 2.75) is 32.1 Å². The first-order valence-electron chi connectivity index (χ1n) is 4.87. The van der Waals surface area contributed by atoms with Crippen molar-refractivity contribution in [3.63, 3.8) is 0 Å². The average Bonchev–Trinajstić information content (AvgIpc) is 2.16. The van der Waals surface area contributed by atoms with E-state index >= 15 is 0 Å². The minimum atomic E-state index is 0.184. The first-order chi connectivity index (χ1) is 6.65. The fraction of sp³-hybridized carbons (Fsp3) is 0.545. The number of aromatic nitrogens is 1. The predicted molar refractivity (Wildman–Crippen MR) is 62.0 cm³/mol. The maximum absolute atomic E-state index is 6.09. The summed E-state index contributed by atoms with van der Waals surface area (Å²) < 4.78 is 0. The van der Waals surface area contributed by atoms with Crippen LogP contribution in [-0.4, -0.2) is 10.4 Å². The molecule has 1 heterocycles. The van der Waals surface area contributed by atoms with Crippen LogP contribution in [0.1, 0.15) is 25.8 Å². The second-order valence-corrected chi connectivity index (χ2v) is 4.61. The minimum absolute atomic E-state index is 0.184. The van der Waals surface area contributed by atoms with Crippen LogP contribution in [0.4, 0.5) is 0 Å². The van der Waals surface area contributed by atoms with E-state index < -0.39 is 0 Å². The molecule has 0 bridgehead atoms. The van der Waals surface area contributed by atoms with E-state index in [9.17, 15) is 0 Å². The van der Waals surface area contributed by atoms with Gasteiger partial charge < -0.3 is 0 Å². The van der Waals surface area contributed by atoms with Gasteiger partial charge in [0.1, 0.15) is 0 Å². The maximum Gasteiger partial charge on any atom is 0.0621 e. The molecule has 0 aromatic carbocycles. The molecule has 0 radical (unpaired) electrons. The highest BCUT2D eigenvalue weighted by atomic mass is 35.5. The molecule has 2 atom stereocenters. The van der Waals surface area contributed by atoms with Gasteiger partial charge in [-0.15, -0.1) is 11.6 Å². The van der Waals surface area contributed by atoms with Gasteiger partial charge in [0.05, 0.1) is 5.02 Å². The summed E-state index contributed by atoms with van der Waals surface area (Å²) in [6, 6.07) is 1.96. The first kappa shape index (κ1) is 11.8. The van der Waals surface area contributed by atoms with Gasteiger partial charge in [-0.05, 0) is 30.9 Å². The zero-order chi connectivity index (χ0) is 10.6. The van der Waals surface area contributed by atoms with Gasteiger partial charge >= 0.3 is 0 Å². The topological polar surface area (TPSA) is 12.9 Å². The van der Waals surface area contributed by atoms with E-state index in [1.807, 2.05) is 13.0 Å². The molecule has 0 saturated carbocycles. The molecule has 14 heavy (non-hydrogen) atoms. The molecule has 0 N–H and O–H groups in total. The molecule has 1 aromatic heterocycles. The van der Waals surface area contributed by atoms with Crippen LogP contribution < -0.4 is 0 Å². The van der Waals surface area contributed by atoms with Crippen LogP contribution in [-0.2, 0) is 6.42 Å². The fourth-order valence-electron chi connectivity index (χ4n) is 1.48. The minimum Gasteiger partial charge on any atom is -0.263 e. The Morgan fingerprint density at radius 1 is 1.50 bits per heavy atom. The third-order valence-corrected chi connectivity index (χ3v) is 3.21. The van der Waals surface area contributed by atoms with Crippen LogP contribution >= 0.6 is 23.2 Å². The van der Waals surface area contributed by atoms with E-state index in [1.54, 1.807) is 12.4 Å². The van der Waals surface area contributed by atoms with Crippen molar-refractivity contribution in [3.8, 4) is 0 Å². The molecule has 2 unspecified atom stereocenters. The Balaban J connectivity index is 2.72. The Morgan fingerprint density at radius 3 is 2.71 bits per heavy atom. The SMILES string of the molecule is CCC(Cc1ccncc1Cl)C(C)Cl. The molecule has 1 rings (SSSR count). The number of hydrogen-bond acceptors (Lipinski definition) is 1. The third-order valence-electron chi connectivity index (χ3n) is 2.51. The van der Waals surface area contributed by atoms with Crippen LogP contribution in [0.3, 0.4) is 0 Å². The molecule has 0 spiro atoms. The van der Waals surface area contributed by atoms with E-state index in [-0.39, 0.29) is 5.38 Å². The molecular weight excluding hydrogens is 217 g/mol. The fourth-order valence-corrected chi connectivity index (χ4v) is 1.95. The van der Waals surface area contributed by atoms with Gasteiger partial charge in [-0.3, -0.25) is 4.98 Å². The van der Waals surface area contributed by atoms with Crippen molar-refractivity contribution < 1.29 is 0 Å². The molecule has 0 fully saturated rings. The number of rotatable bonds is 4. The zero-order valence-electron chi connectivity index (χ0n) is 8.50. The largest absolute Gasteiger partial charge is 0.263 e. The van der Waals surface area contributed by atoms with E-state index in [0.717, 1.165) is 23.4 Å². The predicted octanol–water partition coefficient (Wildman–Crippen LogP) is 3.93. The quantitative estimate of drug-likeness (QED) is 0.716. The van der Waals surface area contributed by atoms with Crippen molar-refractivity contribution in [1.29, 1.82) is 0 Å². The number of nitrogens with zero attached hydrogens (tertiary/aromatic N) is 1. The molecule has 0 amide bonds. The molecule has 1 nitrogen and oxygen atoms in total. The van der Waals surface area contributed by atoms with Crippen molar-refractivity contribution >= 4 is 23.2 Å². The summed E-state index contributed by atoms with van der Waals surface area (Å²) >= 11 is 12.1. The van der Waals surface area contributed by atoms with Crippen LogP contribution in [0.5, 0.6) is 0 Å². The van der Waals surface area contributed by atoms with Gasteiger partial charge in [-0.1, -0.05) is 24.9 Å². The van der Waals surface area contributed by atoms with E-state index in [0.29, 0.717) is 5.92 Å². The Morgan fingerprint density at radius 2 is 2.21 bits per heavy atom. The van der Waals surface area contributed by atoms with E-state index in [2.05, 4.69) is 11.9 Å². The van der Waals surface area contributed by atoms with Crippen molar-refractivity contribution in [1.82, 2.24) is 4.98 Å². The summed E-state index contributed by atoms with van der Waals surface area (Å²) in [5.41, 5.74) is 1.14. The molecule has 78 valence electrons. The summed E-state index contributed by atoms with van der Waals surface area (Å²) in [5, 5.41) is 0.924. The Bertz CT molecular complexity index is 286. The lowest BCUT2D eigenvalue weighted by Crippen LogP contribution is -2.13. The molecule has 0 aliphatic carbocycles. The third kappa shape index (κ3) is 3.14. The van der Waals surface area contributed by atoms with Crippen LogP contribution in [0.25, 0.3) is 0 Å². The van der Waals surface area contributed by atoms with Crippen molar-refractivity contribution in [2.24, 2.45) is 5.92 Å². The lowest BCUT2D eigenvalue weighted by atomic mass is 9.95.